The molecule has 0 fully saturated rings. The van der Waals surface area contributed by atoms with Gasteiger partial charge in [-0.2, -0.15) is 0 Å². The molecule has 30 heavy (non-hydrogen) atoms. The zero-order valence-corrected chi connectivity index (χ0v) is 16.7. The van der Waals surface area contributed by atoms with Crippen molar-refractivity contribution < 1.29 is 19.1 Å². The van der Waals surface area contributed by atoms with Crippen molar-refractivity contribution >= 4 is 17.7 Å². The van der Waals surface area contributed by atoms with Crippen molar-refractivity contribution in [3.63, 3.8) is 0 Å². The van der Waals surface area contributed by atoms with Crippen LogP contribution in [0.2, 0.25) is 0 Å². The van der Waals surface area contributed by atoms with Gasteiger partial charge in [-0.1, -0.05) is 79.7 Å². The Morgan fingerprint density at radius 3 is 1.93 bits per heavy atom. The lowest BCUT2D eigenvalue weighted by atomic mass is 10.0. The average molecular weight is 401 g/mol. The molecule has 1 amide bonds. The van der Waals surface area contributed by atoms with E-state index in [1.807, 2.05) is 43.3 Å². The number of amides is 1. The number of hydrogen-bond donors (Lipinski definition) is 1. The van der Waals surface area contributed by atoms with E-state index in [2.05, 4.69) is 5.32 Å². The third-order valence-corrected chi connectivity index (χ3v) is 4.73. The van der Waals surface area contributed by atoms with Crippen LogP contribution in [-0.4, -0.2) is 30.8 Å². The third-order valence-electron chi connectivity index (χ3n) is 4.73. The van der Waals surface area contributed by atoms with Crippen LogP contribution in [0.4, 0.5) is 0 Å². The Bertz CT molecular complexity index is 998. The number of ether oxygens (including phenoxy) is 1. The minimum absolute atomic E-state index is 0.123. The lowest BCUT2D eigenvalue weighted by Gasteiger charge is -2.13. The summed E-state index contributed by atoms with van der Waals surface area (Å²) in [6, 6.07) is 25.0. The fourth-order valence-electron chi connectivity index (χ4n) is 2.95. The summed E-state index contributed by atoms with van der Waals surface area (Å²) in [4.78, 5) is 36.6. The highest BCUT2D eigenvalue weighted by molar-refractivity contribution is 6.09. The first-order valence-electron chi connectivity index (χ1n) is 9.73. The first-order chi connectivity index (χ1) is 14.5. The Kier molecular flexibility index (Phi) is 7.11. The highest BCUT2D eigenvalue weighted by Gasteiger charge is 2.13. The summed E-state index contributed by atoms with van der Waals surface area (Å²) in [5, 5.41) is 2.77. The van der Waals surface area contributed by atoms with Crippen molar-refractivity contribution in [2.24, 2.45) is 0 Å². The molecule has 0 saturated carbocycles. The predicted octanol–water partition coefficient (Wildman–Crippen LogP) is 3.99. The van der Waals surface area contributed by atoms with Crippen molar-refractivity contribution in [2.45, 2.75) is 12.8 Å². The minimum atomic E-state index is -0.611. The standard InChI is InChI=1S/C25H23NO4/c1-18(19-8-4-2-5-9-19)16-26-23(27)17-30-25(29)22-14-12-21(13-15-22)24(28)20-10-6-3-7-11-20/h2-15,18H,16-17H2,1H3,(H,26,27)/t18-/m1/s1. The molecule has 3 rings (SSSR count). The lowest BCUT2D eigenvalue weighted by molar-refractivity contribution is -0.124. The smallest absolute Gasteiger partial charge is 0.338 e. The molecule has 0 aliphatic rings. The first kappa shape index (κ1) is 21.0. The van der Waals surface area contributed by atoms with E-state index in [9.17, 15) is 14.4 Å². The van der Waals surface area contributed by atoms with Gasteiger partial charge in [0.05, 0.1) is 5.56 Å². The third kappa shape index (κ3) is 5.64. The molecule has 1 atom stereocenters. The molecule has 1 N–H and O–H groups in total. The number of nitrogens with one attached hydrogen (secondary N) is 1. The lowest BCUT2D eigenvalue weighted by Crippen LogP contribution is -2.31. The molecule has 3 aromatic rings. The molecule has 5 nitrogen and oxygen atoms in total. The molecule has 0 bridgehead atoms. The molecule has 5 heteroatoms. The normalized spacial score (nSPS) is 11.4. The van der Waals surface area contributed by atoms with Gasteiger partial charge in [0, 0.05) is 17.7 Å². The Labute approximate surface area is 175 Å². The van der Waals surface area contributed by atoms with Gasteiger partial charge in [-0.05, 0) is 23.6 Å². The molecule has 0 aromatic heterocycles. The van der Waals surface area contributed by atoms with Gasteiger partial charge in [0.15, 0.2) is 12.4 Å². The van der Waals surface area contributed by atoms with Crippen LogP contribution < -0.4 is 5.32 Å². The molecule has 0 saturated heterocycles. The summed E-state index contributed by atoms with van der Waals surface area (Å²) < 4.78 is 5.08. The van der Waals surface area contributed by atoms with Crippen LogP contribution in [0.15, 0.2) is 84.9 Å². The van der Waals surface area contributed by atoms with Crippen LogP contribution in [0, 0.1) is 0 Å². The van der Waals surface area contributed by atoms with Crippen molar-refractivity contribution in [1.82, 2.24) is 5.32 Å². The Hall–Kier alpha value is -3.73. The molecule has 152 valence electrons. The van der Waals surface area contributed by atoms with Gasteiger partial charge in [-0.25, -0.2) is 4.79 Å². The SMILES string of the molecule is C[C@H](CNC(=O)COC(=O)c1ccc(C(=O)c2ccccc2)cc1)c1ccccc1. The van der Waals surface area contributed by atoms with E-state index in [1.165, 1.54) is 12.1 Å². The molecule has 0 radical (unpaired) electrons. The Morgan fingerprint density at radius 1 is 0.767 bits per heavy atom. The van der Waals surface area contributed by atoms with Crippen LogP contribution >= 0.6 is 0 Å². The summed E-state index contributed by atoms with van der Waals surface area (Å²) in [5.41, 5.74) is 2.46. The van der Waals surface area contributed by atoms with Crippen LogP contribution in [0.1, 0.15) is 44.7 Å². The largest absolute Gasteiger partial charge is 0.452 e. The first-order valence-corrected chi connectivity index (χ1v) is 9.73. The maximum atomic E-state index is 12.4. The predicted molar refractivity (Wildman–Crippen MR) is 114 cm³/mol. The zero-order valence-electron chi connectivity index (χ0n) is 16.7. The summed E-state index contributed by atoms with van der Waals surface area (Å²) >= 11 is 0. The topological polar surface area (TPSA) is 72.5 Å². The average Bonchev–Trinajstić information content (AvgIpc) is 2.81. The number of esters is 1. The Balaban J connectivity index is 1.47. The highest BCUT2D eigenvalue weighted by atomic mass is 16.5. The molecule has 3 aromatic carbocycles. The number of benzene rings is 3. The summed E-state index contributed by atoms with van der Waals surface area (Å²) in [7, 11) is 0. The fourth-order valence-corrected chi connectivity index (χ4v) is 2.95. The summed E-state index contributed by atoms with van der Waals surface area (Å²) in [5.74, 6) is -0.940. The molecule has 0 aliphatic heterocycles. The molecular formula is C25H23NO4. The fraction of sp³-hybridized carbons (Fsp3) is 0.160. The van der Waals surface area contributed by atoms with E-state index in [1.54, 1.807) is 36.4 Å². The van der Waals surface area contributed by atoms with E-state index in [-0.39, 0.29) is 29.8 Å². The van der Waals surface area contributed by atoms with Crippen LogP contribution in [0.3, 0.4) is 0 Å². The van der Waals surface area contributed by atoms with Gasteiger partial charge in [0.2, 0.25) is 0 Å². The molecular weight excluding hydrogens is 378 g/mol. The number of carbonyl (C=O) groups excluding carboxylic acids is 3. The quantitative estimate of drug-likeness (QED) is 0.458. The summed E-state index contributed by atoms with van der Waals surface area (Å²) in [6.07, 6.45) is 0. The van der Waals surface area contributed by atoms with E-state index < -0.39 is 5.97 Å². The number of rotatable bonds is 8. The summed E-state index contributed by atoms with van der Waals surface area (Å²) in [6.45, 7) is 2.11. The van der Waals surface area contributed by atoms with Crippen molar-refractivity contribution in [3.8, 4) is 0 Å². The molecule has 0 heterocycles. The highest BCUT2D eigenvalue weighted by Crippen LogP contribution is 2.13. The number of carbonyl (C=O) groups is 3. The maximum Gasteiger partial charge on any atom is 0.338 e. The Morgan fingerprint density at radius 2 is 1.30 bits per heavy atom. The second-order valence-electron chi connectivity index (χ2n) is 6.96. The van der Waals surface area contributed by atoms with E-state index in [4.69, 9.17) is 4.74 Å². The van der Waals surface area contributed by atoms with E-state index in [0.29, 0.717) is 17.7 Å². The maximum absolute atomic E-state index is 12.4. The van der Waals surface area contributed by atoms with Gasteiger partial charge in [-0.3, -0.25) is 9.59 Å². The monoisotopic (exact) mass is 401 g/mol. The number of ketones is 1. The second-order valence-corrected chi connectivity index (χ2v) is 6.96. The van der Waals surface area contributed by atoms with E-state index in [0.717, 1.165) is 5.56 Å². The van der Waals surface area contributed by atoms with Gasteiger partial charge >= 0.3 is 5.97 Å². The second kappa shape index (κ2) is 10.2. The molecule has 0 unspecified atom stereocenters. The minimum Gasteiger partial charge on any atom is -0.452 e. The zero-order chi connectivity index (χ0) is 21.3. The molecule has 0 aliphatic carbocycles. The van der Waals surface area contributed by atoms with Gasteiger partial charge in [0.25, 0.3) is 5.91 Å². The van der Waals surface area contributed by atoms with Crippen LogP contribution in [-0.2, 0) is 9.53 Å². The van der Waals surface area contributed by atoms with Gasteiger partial charge in [-0.15, -0.1) is 0 Å². The van der Waals surface area contributed by atoms with Crippen molar-refractivity contribution in [2.75, 3.05) is 13.2 Å². The van der Waals surface area contributed by atoms with Gasteiger partial charge < -0.3 is 10.1 Å². The van der Waals surface area contributed by atoms with Gasteiger partial charge in [0.1, 0.15) is 0 Å². The molecule has 0 spiro atoms. The van der Waals surface area contributed by atoms with E-state index >= 15 is 0 Å². The van der Waals surface area contributed by atoms with Crippen molar-refractivity contribution in [3.05, 3.63) is 107 Å². The van der Waals surface area contributed by atoms with Crippen molar-refractivity contribution in [1.29, 1.82) is 0 Å². The van der Waals surface area contributed by atoms with Crippen LogP contribution in [0.5, 0.6) is 0 Å². The van der Waals surface area contributed by atoms with Crippen LogP contribution in [0.25, 0.3) is 0 Å². The number of hydrogen-bond acceptors (Lipinski definition) is 4.